The second-order valence-electron chi connectivity index (χ2n) is 13.1. The first kappa shape index (κ1) is 27.8. The normalized spacial score (nSPS) is 46.8. The summed E-state index contributed by atoms with van der Waals surface area (Å²) in [5.41, 5.74) is -3.11. The molecule has 214 valence electrons. The Hall–Kier alpha value is -2.78. The van der Waals surface area contributed by atoms with Crippen LogP contribution in [0.1, 0.15) is 73.6 Å². The second kappa shape index (κ2) is 9.13. The van der Waals surface area contributed by atoms with Crippen LogP contribution >= 0.6 is 0 Å². The van der Waals surface area contributed by atoms with Crippen LogP contribution in [0.4, 0.5) is 0 Å². The molecule has 39 heavy (non-hydrogen) atoms. The summed E-state index contributed by atoms with van der Waals surface area (Å²) in [5.74, 6) is -4.38. The number of cyclic esters (lactones) is 1. The summed E-state index contributed by atoms with van der Waals surface area (Å²) < 4.78 is 22.6. The van der Waals surface area contributed by atoms with E-state index in [1.807, 2.05) is 20.8 Å². The van der Waals surface area contributed by atoms with Crippen LogP contribution in [0.15, 0.2) is 0 Å². The summed E-state index contributed by atoms with van der Waals surface area (Å²) in [4.78, 5) is 77.7. The van der Waals surface area contributed by atoms with E-state index in [-0.39, 0.29) is 49.3 Å². The Labute approximate surface area is 227 Å². The molecule has 10 nitrogen and oxygen atoms in total. The number of carbonyl (C=O) groups is 6. The first-order valence-corrected chi connectivity index (χ1v) is 13.9. The first-order valence-electron chi connectivity index (χ1n) is 13.9. The molecule has 5 fully saturated rings. The minimum absolute atomic E-state index is 0.0217. The number of ketones is 2. The molecule has 0 aromatic rings. The lowest BCUT2D eigenvalue weighted by Crippen LogP contribution is -2.75. The third-order valence-electron chi connectivity index (χ3n) is 10.9. The van der Waals surface area contributed by atoms with E-state index >= 15 is 0 Å². The molecule has 11 atom stereocenters. The van der Waals surface area contributed by atoms with E-state index in [2.05, 4.69) is 0 Å². The summed E-state index contributed by atoms with van der Waals surface area (Å²) in [6.45, 7) is 10.2. The number of fused-ring (bicyclic) bond motifs is 2. The van der Waals surface area contributed by atoms with Gasteiger partial charge in [-0.05, 0) is 37.0 Å². The number of esters is 4. The molecule has 2 aliphatic heterocycles. The van der Waals surface area contributed by atoms with E-state index in [9.17, 15) is 28.8 Å². The average Bonchev–Trinajstić information content (AvgIpc) is 3.26. The molecule has 2 saturated heterocycles. The molecule has 3 aliphatic carbocycles. The predicted molar refractivity (Wildman–Crippen MR) is 132 cm³/mol. The highest BCUT2D eigenvalue weighted by atomic mass is 16.6. The van der Waals surface area contributed by atoms with Crippen molar-refractivity contribution in [2.75, 3.05) is 6.61 Å². The van der Waals surface area contributed by atoms with E-state index in [0.29, 0.717) is 12.8 Å². The Morgan fingerprint density at radius 2 is 1.59 bits per heavy atom. The van der Waals surface area contributed by atoms with Gasteiger partial charge in [-0.1, -0.05) is 27.7 Å². The molecule has 0 amide bonds. The molecular formula is C29H38O10. The summed E-state index contributed by atoms with van der Waals surface area (Å²) in [6.07, 6.45) is -1.56. The lowest BCUT2D eigenvalue weighted by Gasteiger charge is -2.70. The quantitative estimate of drug-likeness (QED) is 0.382. The Morgan fingerprint density at radius 3 is 2.18 bits per heavy atom. The molecule has 0 spiro atoms. The molecule has 5 rings (SSSR count). The minimum atomic E-state index is -1.14. The molecule has 11 unspecified atom stereocenters. The average molecular weight is 547 g/mol. The monoisotopic (exact) mass is 546 g/mol. The van der Waals surface area contributed by atoms with Crippen molar-refractivity contribution in [1.29, 1.82) is 0 Å². The van der Waals surface area contributed by atoms with Gasteiger partial charge in [0.15, 0.2) is 11.9 Å². The van der Waals surface area contributed by atoms with Gasteiger partial charge in [-0.2, -0.15) is 0 Å². The van der Waals surface area contributed by atoms with Crippen LogP contribution in [0.5, 0.6) is 0 Å². The van der Waals surface area contributed by atoms with Crippen LogP contribution in [0, 0.1) is 45.8 Å². The standard InChI is InChI=1S/C29H38O10/c1-13-7-18(37-14(2)30)26(35)28(5)17(13)9-21-29(6)20(10-23(33)39-21)27(4,11-19(24(28)29)38-15(3)31)25(34)16-8-22(32)36-12-16/h13,16-21,24H,7-12H2,1-6H3. The molecular weight excluding hydrogens is 508 g/mol. The van der Waals surface area contributed by atoms with Crippen molar-refractivity contribution in [3.8, 4) is 0 Å². The van der Waals surface area contributed by atoms with Gasteiger partial charge in [-0.25, -0.2) is 0 Å². The lowest BCUT2D eigenvalue weighted by molar-refractivity contribution is -0.277. The van der Waals surface area contributed by atoms with Crippen LogP contribution < -0.4 is 0 Å². The molecule has 10 heteroatoms. The van der Waals surface area contributed by atoms with Gasteiger partial charge in [0.1, 0.15) is 24.6 Å². The van der Waals surface area contributed by atoms with Crippen molar-refractivity contribution in [3.63, 3.8) is 0 Å². The maximum Gasteiger partial charge on any atom is 0.306 e. The number of rotatable bonds is 4. The lowest BCUT2D eigenvalue weighted by atomic mass is 9.35. The minimum Gasteiger partial charge on any atom is -0.465 e. The Bertz CT molecular complexity index is 1140. The molecule has 0 N–H and O–H groups in total. The summed E-state index contributed by atoms with van der Waals surface area (Å²) in [7, 11) is 0. The number of Topliss-reactive ketones (excluding diaryl/α,β-unsaturated/α-hetero) is 2. The molecule has 3 saturated carbocycles. The maximum absolute atomic E-state index is 14.3. The Balaban J connectivity index is 1.67. The summed E-state index contributed by atoms with van der Waals surface area (Å²) in [6, 6.07) is 0. The van der Waals surface area contributed by atoms with Gasteiger partial charge in [0.25, 0.3) is 0 Å². The summed E-state index contributed by atoms with van der Waals surface area (Å²) >= 11 is 0. The van der Waals surface area contributed by atoms with Gasteiger partial charge in [0.2, 0.25) is 0 Å². The fourth-order valence-corrected chi connectivity index (χ4v) is 9.55. The van der Waals surface area contributed by atoms with Gasteiger partial charge >= 0.3 is 23.9 Å². The number of carbonyl (C=O) groups excluding carboxylic acids is 6. The molecule has 5 aliphatic rings. The fraction of sp³-hybridized carbons (Fsp3) is 0.793. The van der Waals surface area contributed by atoms with Crippen molar-refractivity contribution < 1.29 is 47.7 Å². The SMILES string of the molecule is CC(=O)OC1CC(C)C2CC3OC(=O)CC4C(C)(C(=O)C5COC(=O)C5)CC(OC(C)=O)C(C2(C)C1=O)C34C. The van der Waals surface area contributed by atoms with Gasteiger partial charge < -0.3 is 18.9 Å². The third kappa shape index (κ3) is 3.95. The highest BCUT2D eigenvalue weighted by molar-refractivity contribution is 5.94. The molecule has 0 bridgehead atoms. The van der Waals surface area contributed by atoms with Gasteiger partial charge in [0.05, 0.1) is 12.3 Å². The van der Waals surface area contributed by atoms with Crippen LogP contribution in [0.2, 0.25) is 0 Å². The molecule has 0 aromatic carbocycles. The van der Waals surface area contributed by atoms with Gasteiger partial charge in [0, 0.05) is 42.4 Å². The number of hydrogen-bond acceptors (Lipinski definition) is 10. The van der Waals surface area contributed by atoms with Crippen molar-refractivity contribution in [3.05, 3.63) is 0 Å². The smallest absolute Gasteiger partial charge is 0.306 e. The van der Waals surface area contributed by atoms with Crippen LogP contribution in [0.3, 0.4) is 0 Å². The Kier molecular flexibility index (Phi) is 6.50. The fourth-order valence-electron chi connectivity index (χ4n) is 9.55. The zero-order valence-electron chi connectivity index (χ0n) is 23.4. The van der Waals surface area contributed by atoms with Crippen molar-refractivity contribution in [2.45, 2.75) is 92.0 Å². The topological polar surface area (TPSA) is 139 Å². The number of hydrogen-bond donors (Lipinski definition) is 0. The summed E-state index contributed by atoms with van der Waals surface area (Å²) in [5, 5.41) is 0. The molecule has 0 radical (unpaired) electrons. The van der Waals surface area contributed by atoms with E-state index < -0.39 is 76.2 Å². The first-order chi connectivity index (χ1) is 18.1. The van der Waals surface area contributed by atoms with Crippen molar-refractivity contribution in [2.24, 2.45) is 45.8 Å². The largest absolute Gasteiger partial charge is 0.465 e. The molecule has 0 aromatic heterocycles. The van der Waals surface area contributed by atoms with E-state index in [1.165, 1.54) is 13.8 Å². The zero-order chi connectivity index (χ0) is 28.7. The van der Waals surface area contributed by atoms with E-state index in [4.69, 9.17) is 18.9 Å². The van der Waals surface area contributed by atoms with Gasteiger partial charge in [-0.3, -0.25) is 28.8 Å². The van der Waals surface area contributed by atoms with E-state index in [1.54, 1.807) is 6.92 Å². The van der Waals surface area contributed by atoms with Crippen LogP contribution in [0.25, 0.3) is 0 Å². The van der Waals surface area contributed by atoms with Crippen LogP contribution in [-0.4, -0.2) is 60.4 Å². The predicted octanol–water partition coefficient (Wildman–Crippen LogP) is 2.58. The third-order valence-corrected chi connectivity index (χ3v) is 10.9. The van der Waals surface area contributed by atoms with Gasteiger partial charge in [-0.15, -0.1) is 0 Å². The van der Waals surface area contributed by atoms with Crippen molar-refractivity contribution in [1.82, 2.24) is 0 Å². The molecule has 2 heterocycles. The van der Waals surface area contributed by atoms with Crippen molar-refractivity contribution >= 4 is 35.4 Å². The second-order valence-corrected chi connectivity index (χ2v) is 13.1. The highest BCUT2D eigenvalue weighted by Gasteiger charge is 2.76. The maximum atomic E-state index is 14.3. The van der Waals surface area contributed by atoms with E-state index in [0.717, 1.165) is 0 Å². The Morgan fingerprint density at radius 1 is 0.923 bits per heavy atom. The zero-order valence-corrected chi connectivity index (χ0v) is 23.4. The van der Waals surface area contributed by atoms with Crippen LogP contribution in [-0.2, 0) is 47.7 Å². The highest BCUT2D eigenvalue weighted by Crippen LogP contribution is 2.71. The number of ether oxygens (including phenoxy) is 4.